The molecule has 1 aromatic carbocycles. The van der Waals surface area contributed by atoms with E-state index in [1.165, 1.54) is 0 Å². The average Bonchev–Trinajstić information content (AvgIpc) is 2.27. The van der Waals surface area contributed by atoms with Gasteiger partial charge in [0.15, 0.2) is 5.78 Å². The van der Waals surface area contributed by atoms with Gasteiger partial charge in [-0.05, 0) is 31.2 Å². The zero-order chi connectivity index (χ0) is 11.1. The average molecular weight is 222 g/mol. The number of ketones is 1. The van der Waals surface area contributed by atoms with Crippen LogP contribution in [-0.2, 0) is 4.79 Å². The molecular weight excluding hydrogens is 204 g/mol. The second kappa shape index (κ2) is 7.63. The second-order valence-electron chi connectivity index (χ2n) is 3.09. The van der Waals surface area contributed by atoms with Gasteiger partial charge in [-0.3, -0.25) is 4.79 Å². The van der Waals surface area contributed by atoms with Gasteiger partial charge in [0.05, 0.1) is 6.61 Å². The van der Waals surface area contributed by atoms with Crippen LogP contribution in [0.15, 0.2) is 24.3 Å². The summed E-state index contributed by atoms with van der Waals surface area (Å²) >= 11 is 0. The van der Waals surface area contributed by atoms with Crippen LogP contribution in [0.2, 0.25) is 0 Å². The Morgan fingerprint density at radius 3 is 2.44 bits per heavy atom. The van der Waals surface area contributed by atoms with Gasteiger partial charge in [0.25, 0.3) is 0 Å². The fourth-order valence-corrected chi connectivity index (χ4v) is 1.24. The number of aldehydes is 1. The van der Waals surface area contributed by atoms with Crippen LogP contribution in [0.1, 0.15) is 37.6 Å². The van der Waals surface area contributed by atoms with E-state index in [0.717, 1.165) is 12.0 Å². The van der Waals surface area contributed by atoms with Crippen molar-refractivity contribution in [3.05, 3.63) is 29.8 Å². The van der Waals surface area contributed by atoms with Crippen LogP contribution in [0.4, 0.5) is 0 Å². The normalized spacial score (nSPS) is 9.06. The van der Waals surface area contributed by atoms with Gasteiger partial charge in [-0.2, -0.15) is 0 Å². The molecule has 0 bridgehead atoms. The van der Waals surface area contributed by atoms with Crippen molar-refractivity contribution in [2.24, 2.45) is 0 Å². The summed E-state index contributed by atoms with van der Waals surface area (Å²) in [6.07, 6.45) is 1.32. The van der Waals surface area contributed by atoms with E-state index in [0.29, 0.717) is 12.2 Å². The first-order chi connectivity index (χ1) is 7.27. The molecule has 0 amide bonds. The summed E-state index contributed by atoms with van der Waals surface area (Å²) in [5.41, 5.74) is 0.625. The van der Waals surface area contributed by atoms with E-state index in [4.69, 9.17) is 4.74 Å². The van der Waals surface area contributed by atoms with Crippen LogP contribution in [0.3, 0.4) is 0 Å². The molecule has 0 saturated heterocycles. The summed E-state index contributed by atoms with van der Waals surface area (Å²) < 4.78 is 5.25. The number of carbonyl (C=O) groups excluding carboxylic acids is 2. The number of hydrogen-bond acceptors (Lipinski definition) is 3. The van der Waals surface area contributed by atoms with Crippen molar-refractivity contribution >= 4 is 12.1 Å². The minimum absolute atomic E-state index is 0. The minimum Gasteiger partial charge on any atom is -0.494 e. The molecular formula is C13H18O3. The maximum Gasteiger partial charge on any atom is 0.163 e. The summed E-state index contributed by atoms with van der Waals surface area (Å²) in [7, 11) is 0. The van der Waals surface area contributed by atoms with Crippen molar-refractivity contribution in [1.29, 1.82) is 0 Å². The Morgan fingerprint density at radius 2 is 1.94 bits per heavy atom. The van der Waals surface area contributed by atoms with Gasteiger partial charge < -0.3 is 9.53 Å². The molecule has 0 aliphatic heterocycles. The highest BCUT2D eigenvalue weighted by Gasteiger charge is 2.04. The Bertz CT molecular complexity index is 328. The van der Waals surface area contributed by atoms with Crippen LogP contribution in [0.25, 0.3) is 0 Å². The molecule has 0 unspecified atom stereocenters. The molecule has 0 atom stereocenters. The maximum absolute atomic E-state index is 11.5. The monoisotopic (exact) mass is 222 g/mol. The van der Waals surface area contributed by atoms with Crippen LogP contribution >= 0.6 is 0 Å². The molecule has 0 saturated carbocycles. The molecule has 0 radical (unpaired) electrons. The first kappa shape index (κ1) is 14.4. The molecule has 1 rings (SSSR count). The van der Waals surface area contributed by atoms with E-state index < -0.39 is 0 Å². The van der Waals surface area contributed by atoms with Crippen molar-refractivity contribution in [3.63, 3.8) is 0 Å². The summed E-state index contributed by atoms with van der Waals surface area (Å²) in [5.74, 6) is 0.745. The number of ether oxygens (including phenoxy) is 1. The predicted octanol–water partition coefficient (Wildman–Crippen LogP) is 2.88. The summed E-state index contributed by atoms with van der Waals surface area (Å²) in [5, 5.41) is 0. The van der Waals surface area contributed by atoms with E-state index in [-0.39, 0.29) is 26.1 Å². The second-order valence-corrected chi connectivity index (χ2v) is 3.09. The number of benzene rings is 1. The third-order valence-electron chi connectivity index (χ3n) is 1.98. The standard InChI is InChI=1S/C12H14O3.CH4/c1-2-15-11-7-5-10(6-8-11)12(14)4-3-9-13;/h5-9H,2-4H2,1H3;1H4. The number of hydrogen-bond donors (Lipinski definition) is 0. The minimum atomic E-state index is -0.00912. The topological polar surface area (TPSA) is 43.4 Å². The van der Waals surface area contributed by atoms with Gasteiger partial charge in [0, 0.05) is 18.4 Å². The molecule has 0 N–H and O–H groups in total. The van der Waals surface area contributed by atoms with Crippen molar-refractivity contribution in [2.75, 3.05) is 6.61 Å². The summed E-state index contributed by atoms with van der Waals surface area (Å²) in [4.78, 5) is 21.6. The molecule has 3 nitrogen and oxygen atoms in total. The fraction of sp³-hybridized carbons (Fsp3) is 0.385. The van der Waals surface area contributed by atoms with E-state index >= 15 is 0 Å². The Balaban J connectivity index is 0.00000225. The maximum atomic E-state index is 11.5. The molecule has 16 heavy (non-hydrogen) atoms. The highest BCUT2D eigenvalue weighted by molar-refractivity contribution is 5.96. The molecule has 0 heterocycles. The first-order valence-corrected chi connectivity index (χ1v) is 4.97. The lowest BCUT2D eigenvalue weighted by Crippen LogP contribution is -1.99. The van der Waals surface area contributed by atoms with Gasteiger partial charge in [-0.15, -0.1) is 0 Å². The number of rotatable bonds is 6. The van der Waals surface area contributed by atoms with E-state index in [1.807, 2.05) is 6.92 Å². The van der Waals surface area contributed by atoms with Gasteiger partial charge >= 0.3 is 0 Å². The Morgan fingerprint density at radius 1 is 1.31 bits per heavy atom. The van der Waals surface area contributed by atoms with E-state index in [9.17, 15) is 9.59 Å². The van der Waals surface area contributed by atoms with Crippen LogP contribution in [-0.4, -0.2) is 18.7 Å². The molecule has 0 aliphatic carbocycles. The van der Waals surface area contributed by atoms with Crippen molar-refractivity contribution in [3.8, 4) is 5.75 Å². The Labute approximate surface area is 96.4 Å². The Kier molecular flexibility index (Phi) is 6.84. The van der Waals surface area contributed by atoms with E-state index in [2.05, 4.69) is 0 Å². The predicted molar refractivity (Wildman–Crippen MR) is 64.0 cm³/mol. The first-order valence-electron chi connectivity index (χ1n) is 4.97. The lowest BCUT2D eigenvalue weighted by Gasteiger charge is -2.03. The third kappa shape index (κ3) is 4.26. The summed E-state index contributed by atoms with van der Waals surface area (Å²) in [6.45, 7) is 2.52. The molecule has 0 fully saturated rings. The fourth-order valence-electron chi connectivity index (χ4n) is 1.24. The smallest absolute Gasteiger partial charge is 0.163 e. The molecule has 1 aromatic rings. The highest BCUT2D eigenvalue weighted by atomic mass is 16.5. The lowest BCUT2D eigenvalue weighted by atomic mass is 10.1. The van der Waals surface area contributed by atoms with Crippen molar-refractivity contribution in [1.82, 2.24) is 0 Å². The van der Waals surface area contributed by atoms with Gasteiger partial charge in [0.1, 0.15) is 12.0 Å². The molecule has 0 aliphatic rings. The van der Waals surface area contributed by atoms with Gasteiger partial charge in [0.2, 0.25) is 0 Å². The largest absolute Gasteiger partial charge is 0.494 e. The zero-order valence-corrected chi connectivity index (χ0v) is 8.73. The molecule has 0 aromatic heterocycles. The molecule has 88 valence electrons. The van der Waals surface area contributed by atoms with Gasteiger partial charge in [-0.25, -0.2) is 0 Å². The molecule has 3 heteroatoms. The summed E-state index contributed by atoms with van der Waals surface area (Å²) in [6, 6.07) is 6.96. The quantitative estimate of drug-likeness (QED) is 0.549. The van der Waals surface area contributed by atoms with Crippen molar-refractivity contribution in [2.45, 2.75) is 27.2 Å². The van der Waals surface area contributed by atoms with Crippen molar-refractivity contribution < 1.29 is 14.3 Å². The highest BCUT2D eigenvalue weighted by Crippen LogP contribution is 2.13. The SMILES string of the molecule is C.CCOc1ccc(C(=O)CCC=O)cc1. The van der Waals surface area contributed by atoms with Gasteiger partial charge in [-0.1, -0.05) is 7.43 Å². The van der Waals surface area contributed by atoms with Crippen LogP contribution in [0, 0.1) is 0 Å². The number of carbonyl (C=O) groups is 2. The third-order valence-corrected chi connectivity index (χ3v) is 1.98. The zero-order valence-electron chi connectivity index (χ0n) is 8.73. The van der Waals surface area contributed by atoms with Crippen LogP contribution in [0.5, 0.6) is 5.75 Å². The van der Waals surface area contributed by atoms with E-state index in [1.54, 1.807) is 24.3 Å². The number of Topliss-reactive ketones (excluding diaryl/α,β-unsaturated/α-hetero) is 1. The Hall–Kier alpha value is -1.64. The lowest BCUT2D eigenvalue weighted by molar-refractivity contribution is -0.107. The van der Waals surface area contributed by atoms with Crippen LogP contribution < -0.4 is 4.74 Å². The molecule has 0 spiro atoms.